The number of benzene rings is 3. The largest absolute Gasteiger partial charge is 0.508 e. The number of para-hydroxylation sites is 1. The second-order valence-corrected chi connectivity index (χ2v) is 9.39. The summed E-state index contributed by atoms with van der Waals surface area (Å²) >= 11 is 7.63. The molecule has 1 aliphatic heterocycles. The zero-order valence-electron chi connectivity index (χ0n) is 17.6. The van der Waals surface area contributed by atoms with Gasteiger partial charge in [0.25, 0.3) is 5.56 Å². The highest BCUT2D eigenvalue weighted by molar-refractivity contribution is 7.99. The number of nitrogens with one attached hydrogen (secondary N) is 1. The molecule has 1 aromatic heterocycles. The van der Waals surface area contributed by atoms with Gasteiger partial charge < -0.3 is 10.2 Å². The third-order valence-corrected chi connectivity index (χ3v) is 7.01. The molecule has 7 nitrogen and oxygen atoms in total. The number of fused-ring (bicyclic) bond motifs is 1. The number of aromatic nitrogens is 2. The molecule has 9 heteroatoms. The van der Waals surface area contributed by atoms with Gasteiger partial charge in [-0.1, -0.05) is 41.9 Å². The van der Waals surface area contributed by atoms with Crippen molar-refractivity contribution in [1.82, 2.24) is 9.55 Å². The van der Waals surface area contributed by atoms with Crippen LogP contribution in [0.25, 0.3) is 5.69 Å². The lowest BCUT2D eigenvalue weighted by Crippen LogP contribution is -2.33. The molecule has 1 unspecified atom stereocenters. The van der Waals surface area contributed by atoms with E-state index in [1.807, 2.05) is 30.3 Å². The smallest absolute Gasteiger partial charge is 0.335 e. The van der Waals surface area contributed by atoms with Crippen LogP contribution in [0.15, 0.2) is 92.3 Å². The van der Waals surface area contributed by atoms with Crippen molar-refractivity contribution in [2.75, 3.05) is 0 Å². The average Bonchev–Trinajstić information content (AvgIpc) is 2.98. The minimum atomic E-state index is -0.790. The summed E-state index contributed by atoms with van der Waals surface area (Å²) in [5, 5.41) is 21.3. The molecule has 0 fully saturated rings. The van der Waals surface area contributed by atoms with Gasteiger partial charge in [0.05, 0.1) is 17.1 Å². The SMILES string of the molecule is O=c1[nH]c(=O)n(-c2cccc(Cl)c2)c(O)c1C1=Nc2ccccc2SC(c2cccc(O)c2)C1. The normalized spacial score (nSPS) is 15.3. The summed E-state index contributed by atoms with van der Waals surface area (Å²) < 4.78 is 0.998. The van der Waals surface area contributed by atoms with E-state index in [0.717, 1.165) is 15.0 Å². The van der Waals surface area contributed by atoms with Gasteiger partial charge in [0.1, 0.15) is 11.3 Å². The second kappa shape index (κ2) is 8.89. The summed E-state index contributed by atoms with van der Waals surface area (Å²) in [5.74, 6) is -0.391. The van der Waals surface area contributed by atoms with E-state index in [-0.39, 0.29) is 23.0 Å². The number of hydrogen-bond acceptors (Lipinski definition) is 6. The maximum absolute atomic E-state index is 12.9. The summed E-state index contributed by atoms with van der Waals surface area (Å²) in [6.07, 6.45) is 0.271. The van der Waals surface area contributed by atoms with Crippen LogP contribution in [-0.2, 0) is 0 Å². The number of aromatic amines is 1. The molecule has 0 saturated carbocycles. The number of H-pyrrole nitrogens is 1. The predicted molar refractivity (Wildman–Crippen MR) is 133 cm³/mol. The Morgan fingerprint density at radius 3 is 2.59 bits per heavy atom. The van der Waals surface area contributed by atoms with E-state index in [9.17, 15) is 19.8 Å². The van der Waals surface area contributed by atoms with E-state index in [1.54, 1.807) is 48.2 Å². The minimum absolute atomic E-state index is 0.0953. The van der Waals surface area contributed by atoms with Crippen LogP contribution in [0.1, 0.15) is 22.8 Å². The average molecular weight is 492 g/mol. The summed E-state index contributed by atoms with van der Waals surface area (Å²) in [5.41, 5.74) is 0.488. The molecule has 0 amide bonds. The molecule has 0 radical (unpaired) electrons. The first kappa shape index (κ1) is 22.1. The number of rotatable bonds is 3. The van der Waals surface area contributed by atoms with E-state index in [2.05, 4.69) is 4.98 Å². The van der Waals surface area contributed by atoms with Gasteiger partial charge in [0.15, 0.2) is 0 Å². The number of thioether (sulfide) groups is 1. The van der Waals surface area contributed by atoms with Crippen molar-refractivity contribution in [2.45, 2.75) is 16.6 Å². The molecule has 4 aromatic rings. The summed E-state index contributed by atoms with van der Waals surface area (Å²) in [7, 11) is 0. The van der Waals surface area contributed by atoms with Crippen LogP contribution in [0.5, 0.6) is 11.6 Å². The molecule has 1 atom stereocenters. The first-order valence-electron chi connectivity index (χ1n) is 10.4. The zero-order valence-corrected chi connectivity index (χ0v) is 19.2. The third kappa shape index (κ3) is 4.13. The van der Waals surface area contributed by atoms with Gasteiger partial charge in [-0.2, -0.15) is 0 Å². The monoisotopic (exact) mass is 491 g/mol. The Morgan fingerprint density at radius 2 is 1.79 bits per heavy atom. The van der Waals surface area contributed by atoms with Crippen LogP contribution in [0.4, 0.5) is 5.69 Å². The lowest BCUT2D eigenvalue weighted by Gasteiger charge is -2.17. The second-order valence-electron chi connectivity index (χ2n) is 7.70. The summed E-state index contributed by atoms with van der Waals surface area (Å²) in [4.78, 5) is 33.5. The Bertz CT molecular complexity index is 1560. The number of phenols is 1. The van der Waals surface area contributed by atoms with Crippen molar-refractivity contribution in [3.63, 3.8) is 0 Å². The van der Waals surface area contributed by atoms with Gasteiger partial charge >= 0.3 is 5.69 Å². The van der Waals surface area contributed by atoms with Crippen LogP contribution in [0.3, 0.4) is 0 Å². The highest BCUT2D eigenvalue weighted by atomic mass is 35.5. The molecule has 3 N–H and O–H groups in total. The Labute approximate surface area is 203 Å². The molecule has 0 aliphatic carbocycles. The number of phenolic OH excluding ortho intramolecular Hbond substituents is 1. The number of hydrogen-bond donors (Lipinski definition) is 3. The highest BCUT2D eigenvalue weighted by Gasteiger charge is 2.27. The topological polar surface area (TPSA) is 108 Å². The van der Waals surface area contributed by atoms with Crippen molar-refractivity contribution in [1.29, 1.82) is 0 Å². The number of halogens is 1. The van der Waals surface area contributed by atoms with Crippen molar-refractivity contribution in [3.8, 4) is 17.3 Å². The van der Waals surface area contributed by atoms with Crippen LogP contribution >= 0.6 is 23.4 Å². The number of aromatic hydroxyl groups is 2. The van der Waals surface area contributed by atoms with Gasteiger partial charge in [-0.3, -0.25) is 14.8 Å². The van der Waals surface area contributed by atoms with E-state index >= 15 is 0 Å². The van der Waals surface area contributed by atoms with Gasteiger partial charge in [0.2, 0.25) is 5.88 Å². The first-order chi connectivity index (χ1) is 16.4. The molecular weight excluding hydrogens is 474 g/mol. The Morgan fingerprint density at radius 1 is 1.00 bits per heavy atom. The van der Waals surface area contributed by atoms with Gasteiger partial charge in [-0.15, -0.1) is 11.8 Å². The standard InChI is InChI=1S/C25H18ClN3O4S/c26-15-6-4-7-16(12-15)29-24(32)22(23(31)28-25(29)33)19-13-21(14-5-3-8-17(30)11-14)34-20-10-2-1-9-18(20)27-19/h1-12,21,30,32H,13H2,(H,28,31,33). The predicted octanol–water partition coefficient (Wildman–Crippen LogP) is 4.95. The number of aliphatic imine (C=N–C) groups is 1. The van der Waals surface area contributed by atoms with E-state index < -0.39 is 17.1 Å². The van der Waals surface area contributed by atoms with Crippen LogP contribution < -0.4 is 11.2 Å². The quantitative estimate of drug-likeness (QED) is 0.376. The minimum Gasteiger partial charge on any atom is -0.508 e. The molecule has 0 saturated heterocycles. The van der Waals surface area contributed by atoms with Crippen molar-refractivity contribution >= 4 is 34.8 Å². The Hall–Kier alpha value is -3.75. The highest BCUT2D eigenvalue weighted by Crippen LogP contribution is 2.46. The molecule has 5 rings (SSSR count). The summed E-state index contributed by atoms with van der Waals surface area (Å²) in [6, 6.07) is 20.8. The fourth-order valence-electron chi connectivity index (χ4n) is 3.92. The molecule has 0 spiro atoms. The first-order valence-corrected chi connectivity index (χ1v) is 11.6. The lowest BCUT2D eigenvalue weighted by molar-refractivity contribution is 0.429. The van der Waals surface area contributed by atoms with Crippen LogP contribution in [0.2, 0.25) is 5.02 Å². The van der Waals surface area contributed by atoms with Crippen LogP contribution in [-0.4, -0.2) is 25.5 Å². The van der Waals surface area contributed by atoms with E-state index in [4.69, 9.17) is 16.6 Å². The lowest BCUT2D eigenvalue weighted by atomic mass is 10.0. The maximum Gasteiger partial charge on any atom is 0.335 e. The van der Waals surface area contributed by atoms with Gasteiger partial charge in [-0.25, -0.2) is 9.36 Å². The molecule has 2 heterocycles. The van der Waals surface area contributed by atoms with Crippen molar-refractivity contribution in [2.24, 2.45) is 4.99 Å². The van der Waals surface area contributed by atoms with E-state index in [0.29, 0.717) is 22.1 Å². The molecule has 170 valence electrons. The Kier molecular flexibility index (Phi) is 5.77. The van der Waals surface area contributed by atoms with Gasteiger partial charge in [-0.05, 0) is 48.0 Å². The number of nitrogens with zero attached hydrogens (tertiary/aromatic N) is 2. The Balaban J connectivity index is 1.72. The van der Waals surface area contributed by atoms with Gasteiger partial charge in [0, 0.05) is 21.6 Å². The molecule has 1 aliphatic rings. The van der Waals surface area contributed by atoms with Crippen molar-refractivity contribution < 1.29 is 10.2 Å². The molecule has 3 aromatic carbocycles. The van der Waals surface area contributed by atoms with Crippen LogP contribution in [0, 0.1) is 0 Å². The van der Waals surface area contributed by atoms with Crippen molar-refractivity contribution in [3.05, 3.63) is 110 Å². The zero-order chi connectivity index (χ0) is 23.8. The van der Waals surface area contributed by atoms with E-state index in [1.165, 1.54) is 6.07 Å². The third-order valence-electron chi connectivity index (χ3n) is 5.45. The molecule has 34 heavy (non-hydrogen) atoms. The fraction of sp³-hybridized carbons (Fsp3) is 0.0800. The maximum atomic E-state index is 12.9. The fourth-order valence-corrected chi connectivity index (χ4v) is 5.33. The molecular formula is C25H18ClN3O4S. The molecule has 0 bridgehead atoms. The summed E-state index contributed by atoms with van der Waals surface area (Å²) in [6.45, 7) is 0.